The van der Waals surface area contributed by atoms with E-state index in [1.54, 1.807) is 6.07 Å². The molecule has 0 amide bonds. The molecule has 1 saturated carbocycles. The van der Waals surface area contributed by atoms with Crippen LogP contribution in [0, 0.1) is 11.7 Å². The summed E-state index contributed by atoms with van der Waals surface area (Å²) in [7, 11) is 0. The highest BCUT2D eigenvalue weighted by molar-refractivity contribution is 5.51. The summed E-state index contributed by atoms with van der Waals surface area (Å²) >= 11 is 0. The van der Waals surface area contributed by atoms with E-state index in [0.29, 0.717) is 12.0 Å². The average Bonchev–Trinajstić information content (AvgIpc) is 2.41. The maximum Gasteiger partial charge on any atom is 0.271 e. The van der Waals surface area contributed by atoms with Crippen LogP contribution in [0.4, 0.5) is 13.2 Å². The van der Waals surface area contributed by atoms with Crippen molar-refractivity contribution < 1.29 is 13.2 Å². The zero-order valence-corrected chi connectivity index (χ0v) is 11.1. The molecule has 0 unspecified atom stereocenters. The molecule has 0 aliphatic heterocycles. The van der Waals surface area contributed by atoms with Crippen molar-refractivity contribution in [1.82, 2.24) is 0 Å². The van der Waals surface area contributed by atoms with Crippen molar-refractivity contribution in [3.8, 4) is 0 Å². The molecule has 104 valence electrons. The van der Waals surface area contributed by atoms with Crippen LogP contribution in [-0.4, -0.2) is 0 Å². The van der Waals surface area contributed by atoms with Crippen LogP contribution in [0.1, 0.15) is 56.1 Å². The first-order valence-electron chi connectivity index (χ1n) is 6.92. The molecule has 1 aliphatic rings. The van der Waals surface area contributed by atoms with E-state index in [1.165, 1.54) is 31.4 Å². The number of hydrogen-bond acceptors (Lipinski definition) is 0. The molecular weight excluding hydrogens is 249 g/mol. The van der Waals surface area contributed by atoms with Crippen molar-refractivity contribution in [3.05, 3.63) is 41.2 Å². The summed E-state index contributed by atoms with van der Waals surface area (Å²) in [5.41, 5.74) is 0.912. The summed E-state index contributed by atoms with van der Waals surface area (Å²) in [5, 5.41) is 0. The standard InChI is InChI=1S/C16H19F3/c1-2-11-3-5-12(6-4-11)13-7-8-14(10-16(18)19)15(17)9-13/h7-12H,2-6H2,1H3/t11-,12-. The highest BCUT2D eigenvalue weighted by Gasteiger charge is 2.21. The van der Waals surface area contributed by atoms with E-state index in [1.807, 2.05) is 0 Å². The lowest BCUT2D eigenvalue weighted by molar-refractivity contribution is 0.318. The summed E-state index contributed by atoms with van der Waals surface area (Å²) in [6.07, 6.45) is 4.44. The van der Waals surface area contributed by atoms with Gasteiger partial charge in [-0.3, -0.25) is 0 Å². The number of rotatable bonds is 3. The number of halogens is 3. The Morgan fingerprint density at radius 1 is 1.21 bits per heavy atom. The zero-order valence-electron chi connectivity index (χ0n) is 11.1. The van der Waals surface area contributed by atoms with Crippen LogP contribution in [0.25, 0.3) is 6.08 Å². The van der Waals surface area contributed by atoms with Gasteiger partial charge >= 0.3 is 0 Å². The molecule has 0 heterocycles. The second-order valence-electron chi connectivity index (χ2n) is 5.34. The maximum atomic E-state index is 13.7. The van der Waals surface area contributed by atoms with E-state index in [4.69, 9.17) is 0 Å². The second-order valence-corrected chi connectivity index (χ2v) is 5.34. The molecule has 1 aromatic rings. The first kappa shape index (κ1) is 14.2. The van der Waals surface area contributed by atoms with Crippen LogP contribution in [0.15, 0.2) is 24.3 Å². The van der Waals surface area contributed by atoms with Crippen molar-refractivity contribution in [2.45, 2.75) is 44.9 Å². The predicted octanol–water partition coefficient (Wildman–Crippen LogP) is 5.75. The normalized spacial score (nSPS) is 23.2. The highest BCUT2D eigenvalue weighted by atomic mass is 19.3. The van der Waals surface area contributed by atoms with Crippen LogP contribution in [0.2, 0.25) is 0 Å². The van der Waals surface area contributed by atoms with Gasteiger partial charge in [0.05, 0.1) is 0 Å². The second kappa shape index (κ2) is 6.27. The van der Waals surface area contributed by atoms with Crippen LogP contribution >= 0.6 is 0 Å². The first-order chi connectivity index (χ1) is 9.10. The van der Waals surface area contributed by atoms with E-state index in [-0.39, 0.29) is 5.56 Å². The molecule has 0 nitrogen and oxygen atoms in total. The Kier molecular flexibility index (Phi) is 4.67. The fourth-order valence-corrected chi connectivity index (χ4v) is 2.94. The summed E-state index contributed by atoms with van der Waals surface area (Å²) in [4.78, 5) is 0. The summed E-state index contributed by atoms with van der Waals surface area (Å²) in [6, 6.07) is 4.66. The summed E-state index contributed by atoms with van der Waals surface area (Å²) in [6.45, 7) is 2.21. The van der Waals surface area contributed by atoms with Gasteiger partial charge in [-0.05, 0) is 49.1 Å². The minimum Gasteiger partial charge on any atom is -0.206 e. The average molecular weight is 268 g/mol. The highest BCUT2D eigenvalue weighted by Crippen LogP contribution is 2.37. The lowest BCUT2D eigenvalue weighted by Gasteiger charge is -2.28. The van der Waals surface area contributed by atoms with Crippen LogP contribution in [0.3, 0.4) is 0 Å². The van der Waals surface area contributed by atoms with E-state index in [9.17, 15) is 13.2 Å². The van der Waals surface area contributed by atoms with Crippen molar-refractivity contribution in [2.24, 2.45) is 5.92 Å². The first-order valence-corrected chi connectivity index (χ1v) is 6.92. The molecule has 0 bridgehead atoms. The van der Waals surface area contributed by atoms with Crippen molar-refractivity contribution >= 4 is 6.08 Å². The van der Waals surface area contributed by atoms with E-state index in [0.717, 1.165) is 24.3 Å². The Balaban J connectivity index is 2.10. The number of benzene rings is 1. The SMILES string of the molecule is CC[C@H]1CC[C@H](c2ccc(C=C(F)F)c(F)c2)CC1. The molecule has 0 saturated heterocycles. The van der Waals surface area contributed by atoms with E-state index in [2.05, 4.69) is 6.92 Å². The Labute approximate surface area is 112 Å². The Morgan fingerprint density at radius 2 is 1.89 bits per heavy atom. The molecule has 1 aromatic carbocycles. The monoisotopic (exact) mass is 268 g/mol. The maximum absolute atomic E-state index is 13.7. The molecule has 3 heteroatoms. The molecule has 0 aromatic heterocycles. The molecule has 0 atom stereocenters. The van der Waals surface area contributed by atoms with Gasteiger partial charge in [0.2, 0.25) is 0 Å². The van der Waals surface area contributed by atoms with Gasteiger partial charge in [0, 0.05) is 11.6 Å². The molecule has 0 spiro atoms. The quantitative estimate of drug-likeness (QED) is 0.655. The zero-order chi connectivity index (χ0) is 13.8. The van der Waals surface area contributed by atoms with Crippen LogP contribution < -0.4 is 0 Å². The largest absolute Gasteiger partial charge is 0.271 e. The topological polar surface area (TPSA) is 0 Å². The van der Waals surface area contributed by atoms with Crippen LogP contribution in [0.5, 0.6) is 0 Å². The van der Waals surface area contributed by atoms with Gasteiger partial charge < -0.3 is 0 Å². The van der Waals surface area contributed by atoms with E-state index < -0.39 is 11.9 Å². The molecule has 0 N–H and O–H groups in total. The fraction of sp³-hybridized carbons (Fsp3) is 0.500. The molecule has 0 radical (unpaired) electrons. The third-order valence-corrected chi connectivity index (χ3v) is 4.18. The van der Waals surface area contributed by atoms with Gasteiger partial charge in [-0.25, -0.2) is 4.39 Å². The number of hydrogen-bond donors (Lipinski definition) is 0. The van der Waals surface area contributed by atoms with Crippen LogP contribution in [-0.2, 0) is 0 Å². The van der Waals surface area contributed by atoms with Crippen molar-refractivity contribution in [3.63, 3.8) is 0 Å². The minimum absolute atomic E-state index is 0.0361. The lowest BCUT2D eigenvalue weighted by atomic mass is 9.78. The molecule has 1 fully saturated rings. The molecule has 19 heavy (non-hydrogen) atoms. The summed E-state index contributed by atoms with van der Waals surface area (Å²) in [5.74, 6) is 0.623. The van der Waals surface area contributed by atoms with Gasteiger partial charge in [0.15, 0.2) is 0 Å². The van der Waals surface area contributed by atoms with Crippen molar-refractivity contribution in [1.29, 1.82) is 0 Å². The molecule has 1 aliphatic carbocycles. The Bertz CT molecular complexity index is 453. The molecular formula is C16H19F3. The van der Waals surface area contributed by atoms with Gasteiger partial charge in [0.1, 0.15) is 5.82 Å². The third-order valence-electron chi connectivity index (χ3n) is 4.18. The lowest BCUT2D eigenvalue weighted by Crippen LogP contribution is -2.12. The smallest absolute Gasteiger partial charge is 0.206 e. The molecule has 2 rings (SSSR count). The van der Waals surface area contributed by atoms with Gasteiger partial charge in [-0.1, -0.05) is 25.5 Å². The van der Waals surface area contributed by atoms with Gasteiger partial charge in [0.25, 0.3) is 6.08 Å². The third kappa shape index (κ3) is 3.62. The summed E-state index contributed by atoms with van der Waals surface area (Å²) < 4.78 is 38.0. The van der Waals surface area contributed by atoms with Gasteiger partial charge in [-0.15, -0.1) is 0 Å². The van der Waals surface area contributed by atoms with Gasteiger partial charge in [-0.2, -0.15) is 8.78 Å². The predicted molar refractivity (Wildman–Crippen MR) is 71.6 cm³/mol. The minimum atomic E-state index is -1.87. The Hall–Kier alpha value is -1.25. The Morgan fingerprint density at radius 3 is 2.42 bits per heavy atom. The fourth-order valence-electron chi connectivity index (χ4n) is 2.94. The van der Waals surface area contributed by atoms with E-state index >= 15 is 0 Å². The van der Waals surface area contributed by atoms with Crippen molar-refractivity contribution in [2.75, 3.05) is 0 Å².